The molecule has 0 amide bonds. The number of fused-ring (bicyclic) bond motifs is 2. The van der Waals surface area contributed by atoms with E-state index in [2.05, 4.69) is 34.7 Å². The van der Waals surface area contributed by atoms with E-state index in [1.807, 2.05) is 12.1 Å². The summed E-state index contributed by atoms with van der Waals surface area (Å²) in [5, 5.41) is 48.9. The topological polar surface area (TPSA) is 204 Å². The van der Waals surface area contributed by atoms with Crippen molar-refractivity contribution in [2.24, 2.45) is 51.0 Å². The lowest BCUT2D eigenvalue weighted by Gasteiger charge is -2.26. The van der Waals surface area contributed by atoms with Crippen LogP contribution in [0.5, 0.6) is 11.5 Å². The summed E-state index contributed by atoms with van der Waals surface area (Å²) < 4.78 is 11.1. The average Bonchev–Trinajstić information content (AvgIpc) is 4.02. The summed E-state index contributed by atoms with van der Waals surface area (Å²) >= 11 is 0. The number of guanidine groups is 1. The molecule has 63 heavy (non-hydrogen) atoms. The molecule has 1 unspecified atom stereocenters. The number of aryl methyl sites for hydroxylation is 1. The smallest absolute Gasteiger partial charge is 0.208 e. The second-order valence-electron chi connectivity index (χ2n) is 19.7. The number of aliphatic hydroxyl groups excluding tert-OH is 3. The molecule has 3 fully saturated rings. The number of rotatable bonds is 26. The van der Waals surface area contributed by atoms with E-state index in [1.54, 1.807) is 13.0 Å². The van der Waals surface area contributed by atoms with Gasteiger partial charge in [-0.3, -0.25) is 4.99 Å². The number of phenolic OH excluding ortho intramolecular Hbond substituents is 1. The molecule has 0 aromatic heterocycles. The van der Waals surface area contributed by atoms with Gasteiger partial charge in [0.05, 0.1) is 18.1 Å². The van der Waals surface area contributed by atoms with E-state index in [1.165, 1.54) is 76.5 Å². The molecule has 1 aromatic rings. The Bertz CT molecular complexity index is 1660. The number of aliphatic hydroxyl groups is 5. The van der Waals surface area contributed by atoms with Gasteiger partial charge in [-0.05, 0) is 113 Å². The Labute approximate surface area is 378 Å². The number of hydrogen-bond acceptors (Lipinski definition) is 9. The van der Waals surface area contributed by atoms with Gasteiger partial charge in [-0.25, -0.2) is 0 Å². The highest BCUT2D eigenvalue weighted by Gasteiger charge is 2.49. The molecule has 3 saturated carbocycles. The molecule has 12 nitrogen and oxygen atoms in total. The van der Waals surface area contributed by atoms with Gasteiger partial charge in [0.25, 0.3) is 0 Å². The van der Waals surface area contributed by atoms with Crippen molar-refractivity contribution in [3.05, 3.63) is 59.2 Å². The van der Waals surface area contributed by atoms with E-state index in [4.69, 9.17) is 25.9 Å². The van der Waals surface area contributed by atoms with E-state index < -0.39 is 12.2 Å². The first kappa shape index (κ1) is 49.2. The fourth-order valence-electron chi connectivity index (χ4n) is 11.0. The summed E-state index contributed by atoms with van der Waals surface area (Å²) in [4.78, 5) is 9.58. The first-order valence-corrected chi connectivity index (χ1v) is 24.9. The Kier molecular flexibility index (Phi) is 19.9. The van der Waals surface area contributed by atoms with Crippen LogP contribution in [0.25, 0.3) is 0 Å². The predicted molar refractivity (Wildman–Crippen MR) is 254 cm³/mol. The summed E-state index contributed by atoms with van der Waals surface area (Å²) in [5.74, 6) is 4.95. The van der Waals surface area contributed by atoms with E-state index in [-0.39, 0.29) is 25.1 Å². The number of nitrogens with two attached hydrogens (primary N) is 2. The van der Waals surface area contributed by atoms with Crippen molar-refractivity contribution in [3.8, 4) is 11.5 Å². The summed E-state index contributed by atoms with van der Waals surface area (Å²) in [5.41, 5.74) is 15.9. The Morgan fingerprint density at radius 2 is 1.86 bits per heavy atom. The van der Waals surface area contributed by atoms with Gasteiger partial charge in [0, 0.05) is 45.1 Å². The Morgan fingerprint density at radius 3 is 2.65 bits per heavy atom. The van der Waals surface area contributed by atoms with Gasteiger partial charge < -0.3 is 52.0 Å². The third-order valence-electron chi connectivity index (χ3n) is 14.6. The van der Waals surface area contributed by atoms with Crippen LogP contribution >= 0.6 is 0 Å². The van der Waals surface area contributed by atoms with Crippen molar-refractivity contribution in [1.82, 2.24) is 10.6 Å². The van der Waals surface area contributed by atoms with Gasteiger partial charge >= 0.3 is 0 Å². The average molecular weight is 876 g/mol. The lowest BCUT2D eigenvalue weighted by atomic mass is 9.77. The highest BCUT2D eigenvalue weighted by molar-refractivity contribution is 6.03. The first-order chi connectivity index (χ1) is 30.6. The summed E-state index contributed by atoms with van der Waals surface area (Å²) in [6.07, 6.45) is 26.2. The lowest BCUT2D eigenvalue weighted by Crippen LogP contribution is -2.41. The molecule has 0 spiro atoms. The normalized spacial score (nSPS) is 24.9. The SMILES string of the molecule is C[C@@H](CCC[C@@H](CCN)CCCCC1[OH+][C-](CCc2ccc(O)c(OC[C@H](O)C3=C[C+]4C(=N3)CC[C@H]3CCC[C@@H]3[C@@H]4CNC[C@H](C)O)c2)C=C1CO)CN=C(N)NC1CCCCC1. The quantitative estimate of drug-likeness (QED) is 0.0164. The van der Waals surface area contributed by atoms with Crippen molar-refractivity contribution >= 4 is 11.7 Å². The number of allylic oxidation sites excluding steroid dienone is 1. The molecular formula is C51H83N6O6+. The zero-order valence-electron chi connectivity index (χ0n) is 38.7. The molecule has 2 aliphatic heterocycles. The van der Waals surface area contributed by atoms with Crippen LogP contribution in [-0.2, 0) is 6.42 Å². The zero-order valence-corrected chi connectivity index (χ0v) is 38.7. The number of phenols is 1. The molecule has 0 saturated heterocycles. The maximum Gasteiger partial charge on any atom is 0.208 e. The van der Waals surface area contributed by atoms with Gasteiger partial charge in [-0.15, -0.1) is 16.6 Å². The predicted octanol–water partition coefficient (Wildman–Crippen LogP) is 6.70. The zero-order chi connectivity index (χ0) is 44.6. The first-order valence-electron chi connectivity index (χ1n) is 24.9. The van der Waals surface area contributed by atoms with Gasteiger partial charge in [0.2, 0.25) is 5.70 Å². The molecular weight excluding hydrogens is 793 g/mol. The van der Waals surface area contributed by atoms with Crippen molar-refractivity contribution in [2.45, 2.75) is 167 Å². The van der Waals surface area contributed by atoms with E-state index in [0.717, 1.165) is 94.0 Å². The van der Waals surface area contributed by atoms with Crippen LogP contribution in [0.1, 0.15) is 141 Å². The van der Waals surface area contributed by atoms with Gasteiger partial charge in [-0.2, -0.15) is 0 Å². The number of aliphatic imine (C=N–C) groups is 2. The molecule has 12 heteroatoms. The molecule has 11 N–H and O–H groups in total. The molecule has 6 rings (SSSR count). The number of ether oxygens (including phenoxy) is 2. The van der Waals surface area contributed by atoms with Crippen molar-refractivity contribution in [1.29, 1.82) is 0 Å². The third-order valence-corrected chi connectivity index (χ3v) is 14.6. The fraction of sp³-hybridized carbons (Fsp3) is 0.725. The van der Waals surface area contributed by atoms with E-state index in [0.29, 0.717) is 66.0 Å². The van der Waals surface area contributed by atoms with Crippen molar-refractivity contribution in [3.63, 3.8) is 0 Å². The van der Waals surface area contributed by atoms with E-state index >= 15 is 0 Å². The standard InChI is InChI=1S/C51H82N6O6/c1-34(29-55-51(53)56-40-14-4-3-5-15-40)10-8-12-36(24-25-52)11-6-7-17-49-39(32-58)27-41(63-49)21-18-37-19-23-47(60)50(26-37)62-33-48(61)46-28-43-44(31-54-30-35(2)59)42-16-9-13-38(42)20-22-45(43)57-46/h19,23,26-28,34-36,38,40,42,44,48-49,54,58-59,61,63H,3-18,20-22,24-25,29-33,52H2,1-2H3,(H3-,53,55,56,60)/p+1/t34-,35-,36-,38+,42-,44-,48-,49?/m0/s1. The largest absolute Gasteiger partial charge is 0.504 e. The second-order valence-corrected chi connectivity index (χ2v) is 19.7. The van der Waals surface area contributed by atoms with Gasteiger partial charge in [0.1, 0.15) is 30.4 Å². The number of nitrogens with zero attached hydrogens (tertiary/aromatic N) is 2. The molecule has 2 heterocycles. The highest BCUT2D eigenvalue weighted by atomic mass is 16.5. The number of unbranched alkanes of at least 4 members (excludes halogenated alkanes) is 1. The van der Waals surface area contributed by atoms with Crippen LogP contribution in [0.3, 0.4) is 0 Å². The Morgan fingerprint density at radius 1 is 1.03 bits per heavy atom. The molecule has 8 atom stereocenters. The summed E-state index contributed by atoms with van der Waals surface area (Å²) in [6, 6.07) is 5.89. The van der Waals surface area contributed by atoms with Gasteiger partial charge in [-0.1, -0.05) is 70.8 Å². The molecule has 0 radical (unpaired) electrons. The maximum atomic E-state index is 11.3. The minimum atomic E-state index is -0.929. The van der Waals surface area contributed by atoms with E-state index in [9.17, 15) is 20.4 Å². The minimum Gasteiger partial charge on any atom is -0.504 e. The highest BCUT2D eigenvalue weighted by Crippen LogP contribution is 2.48. The molecule has 3 aliphatic carbocycles. The fourth-order valence-corrected chi connectivity index (χ4v) is 11.0. The lowest BCUT2D eigenvalue weighted by molar-refractivity contribution is -0.0553. The van der Waals surface area contributed by atoms with Crippen LogP contribution in [0, 0.1) is 41.6 Å². The number of hydrogen-bond donors (Lipinski definition) is 8. The number of aromatic hydroxyl groups is 1. The Hall–Kier alpha value is -3.26. The van der Waals surface area contributed by atoms with Crippen LogP contribution in [0.4, 0.5) is 0 Å². The maximum absolute atomic E-state index is 11.3. The minimum absolute atomic E-state index is 0.0143. The number of nitrogens with one attached hydrogen (secondary N) is 2. The van der Waals surface area contributed by atoms with Crippen LogP contribution < -0.4 is 26.8 Å². The van der Waals surface area contributed by atoms with Crippen molar-refractivity contribution in [2.75, 3.05) is 39.4 Å². The van der Waals surface area contributed by atoms with Gasteiger partial charge in [0.15, 0.2) is 23.6 Å². The molecule has 5 aliphatic rings. The number of benzene rings is 1. The second kappa shape index (κ2) is 25.4. The summed E-state index contributed by atoms with van der Waals surface area (Å²) in [7, 11) is 0. The third kappa shape index (κ3) is 15.1. The van der Waals surface area contributed by atoms with Crippen LogP contribution in [0.15, 0.2) is 51.6 Å². The Balaban J connectivity index is 0.899. The molecule has 352 valence electrons. The summed E-state index contributed by atoms with van der Waals surface area (Å²) in [6.45, 7) is 6.93. The molecule has 0 bridgehead atoms. The van der Waals surface area contributed by atoms with Crippen LogP contribution in [-0.4, -0.2) is 101 Å². The molecule has 1 aromatic carbocycles. The van der Waals surface area contributed by atoms with Crippen LogP contribution in [0.2, 0.25) is 0 Å². The monoisotopic (exact) mass is 876 g/mol. The van der Waals surface area contributed by atoms with Crippen molar-refractivity contribution < 1.29 is 29.9 Å².